The minimum atomic E-state index is -0.987. The number of aliphatic hydroxyl groups excluding tert-OH is 1. The summed E-state index contributed by atoms with van der Waals surface area (Å²) in [6.45, 7) is 0.964. The number of hydrogen-bond donors (Lipinski definition) is 1. The lowest BCUT2D eigenvalue weighted by molar-refractivity contribution is 0.0595. The van der Waals surface area contributed by atoms with Crippen LogP contribution in [0, 0.1) is 5.92 Å². The Labute approximate surface area is 114 Å². The van der Waals surface area contributed by atoms with Gasteiger partial charge in [-0.15, -0.1) is 0 Å². The number of nitrogens with zero attached hydrogens (tertiary/aromatic N) is 1. The maximum atomic E-state index is 12.3. The minimum Gasteiger partial charge on any atom is -0.407 e. The van der Waals surface area contributed by atoms with E-state index >= 15 is 0 Å². The average Bonchev–Trinajstić information content (AvgIpc) is 2.78. The molecular formula is C14H16FNO4. The SMILES string of the molecule is C[C@@H](C(=O)n1c(=O)oc2ccccc21)[C@@H](O)CCCF. The van der Waals surface area contributed by atoms with E-state index in [1.54, 1.807) is 24.3 Å². The van der Waals surface area contributed by atoms with Crippen molar-refractivity contribution in [3.63, 3.8) is 0 Å². The van der Waals surface area contributed by atoms with Crippen LogP contribution in [-0.4, -0.2) is 28.4 Å². The van der Waals surface area contributed by atoms with Crippen molar-refractivity contribution < 1.29 is 18.7 Å². The molecule has 2 aromatic rings. The molecule has 1 N–H and O–H groups in total. The van der Waals surface area contributed by atoms with Gasteiger partial charge in [0.15, 0.2) is 5.58 Å². The van der Waals surface area contributed by atoms with Crippen LogP contribution in [0.5, 0.6) is 0 Å². The number of hydrogen-bond acceptors (Lipinski definition) is 4. The molecule has 0 aliphatic carbocycles. The lowest BCUT2D eigenvalue weighted by Gasteiger charge is -2.16. The van der Waals surface area contributed by atoms with E-state index < -0.39 is 30.4 Å². The first-order valence-electron chi connectivity index (χ1n) is 6.45. The lowest BCUT2D eigenvalue weighted by Crippen LogP contribution is -2.34. The largest absolute Gasteiger partial charge is 0.426 e. The van der Waals surface area contributed by atoms with Crippen molar-refractivity contribution in [2.45, 2.75) is 25.9 Å². The van der Waals surface area contributed by atoms with E-state index in [2.05, 4.69) is 0 Å². The molecule has 6 heteroatoms. The van der Waals surface area contributed by atoms with Crippen LogP contribution in [0.15, 0.2) is 33.5 Å². The molecule has 1 heterocycles. The number of alkyl halides is 1. The summed E-state index contributed by atoms with van der Waals surface area (Å²) in [7, 11) is 0. The summed E-state index contributed by atoms with van der Waals surface area (Å²) in [5.74, 6) is -2.13. The van der Waals surface area contributed by atoms with Crippen molar-refractivity contribution in [1.29, 1.82) is 0 Å². The predicted octanol–water partition coefficient (Wildman–Crippen LogP) is 1.98. The van der Waals surface area contributed by atoms with Crippen LogP contribution in [0.25, 0.3) is 11.1 Å². The summed E-state index contributed by atoms with van der Waals surface area (Å²) in [5.41, 5.74) is 0.684. The number of aromatic nitrogens is 1. The van der Waals surface area contributed by atoms with E-state index in [0.717, 1.165) is 4.57 Å². The monoisotopic (exact) mass is 281 g/mol. The number of aliphatic hydroxyl groups is 1. The normalized spacial score (nSPS) is 14.3. The highest BCUT2D eigenvalue weighted by Crippen LogP contribution is 2.16. The van der Waals surface area contributed by atoms with Gasteiger partial charge in [-0.3, -0.25) is 9.18 Å². The summed E-state index contributed by atoms with van der Waals surface area (Å²) in [6.07, 6.45) is -0.632. The van der Waals surface area contributed by atoms with Gasteiger partial charge in [0.25, 0.3) is 0 Å². The molecule has 1 aromatic heterocycles. The van der Waals surface area contributed by atoms with E-state index in [1.165, 1.54) is 6.92 Å². The smallest absolute Gasteiger partial charge is 0.407 e. The molecule has 0 saturated carbocycles. The molecule has 2 atom stereocenters. The standard InChI is InChI=1S/C14H16FNO4/c1-9(11(17)6-4-8-15)13(18)16-10-5-2-3-7-12(10)20-14(16)19/h2-3,5,7,9,11,17H,4,6,8H2,1H3/t9-,11+/m1/s1. The Balaban J connectivity index is 2.31. The van der Waals surface area contributed by atoms with Crippen molar-refractivity contribution in [2.75, 3.05) is 6.67 Å². The third-order valence-corrected chi connectivity index (χ3v) is 3.31. The predicted molar refractivity (Wildman–Crippen MR) is 71.5 cm³/mol. The van der Waals surface area contributed by atoms with Crippen LogP contribution in [0.3, 0.4) is 0 Å². The molecule has 5 nitrogen and oxygen atoms in total. The number of benzene rings is 1. The Morgan fingerprint density at radius 2 is 2.15 bits per heavy atom. The van der Waals surface area contributed by atoms with Crippen molar-refractivity contribution in [2.24, 2.45) is 5.92 Å². The second-order valence-electron chi connectivity index (χ2n) is 4.70. The number of carbonyl (C=O) groups excluding carboxylic acids is 1. The zero-order valence-electron chi connectivity index (χ0n) is 11.1. The molecule has 1 aromatic carbocycles. The minimum absolute atomic E-state index is 0.175. The van der Waals surface area contributed by atoms with Crippen LogP contribution in [0.4, 0.5) is 4.39 Å². The molecule has 0 aliphatic rings. The number of oxazole rings is 1. The zero-order chi connectivity index (χ0) is 14.7. The van der Waals surface area contributed by atoms with E-state index in [0.29, 0.717) is 11.1 Å². The lowest BCUT2D eigenvalue weighted by atomic mass is 9.99. The summed E-state index contributed by atoms with van der Waals surface area (Å²) in [5, 5.41) is 9.85. The van der Waals surface area contributed by atoms with E-state index in [-0.39, 0.29) is 12.8 Å². The van der Waals surface area contributed by atoms with Gasteiger partial charge in [0, 0.05) is 0 Å². The van der Waals surface area contributed by atoms with Gasteiger partial charge in [-0.05, 0) is 25.0 Å². The Morgan fingerprint density at radius 1 is 1.45 bits per heavy atom. The summed E-state index contributed by atoms with van der Waals surface area (Å²) < 4.78 is 18.0. The van der Waals surface area contributed by atoms with Gasteiger partial charge >= 0.3 is 5.76 Å². The van der Waals surface area contributed by atoms with Crippen molar-refractivity contribution >= 4 is 17.0 Å². The molecule has 0 spiro atoms. The second-order valence-corrected chi connectivity index (χ2v) is 4.70. The third kappa shape index (κ3) is 2.65. The van der Waals surface area contributed by atoms with E-state index in [9.17, 15) is 19.1 Å². The summed E-state index contributed by atoms with van der Waals surface area (Å²) >= 11 is 0. The van der Waals surface area contributed by atoms with Gasteiger partial charge in [0.05, 0.1) is 24.2 Å². The summed E-state index contributed by atoms with van der Waals surface area (Å²) in [4.78, 5) is 24.0. The Morgan fingerprint density at radius 3 is 2.85 bits per heavy atom. The Bertz CT molecular complexity index is 660. The molecule has 20 heavy (non-hydrogen) atoms. The number of para-hydroxylation sites is 2. The highest BCUT2D eigenvalue weighted by Gasteiger charge is 2.26. The van der Waals surface area contributed by atoms with Gasteiger partial charge in [-0.1, -0.05) is 19.1 Å². The number of rotatable bonds is 5. The topological polar surface area (TPSA) is 72.4 Å². The van der Waals surface area contributed by atoms with Crippen molar-refractivity contribution in [1.82, 2.24) is 4.57 Å². The molecular weight excluding hydrogens is 265 g/mol. The first-order valence-corrected chi connectivity index (χ1v) is 6.45. The number of carbonyl (C=O) groups is 1. The zero-order valence-corrected chi connectivity index (χ0v) is 11.1. The number of halogens is 1. The highest BCUT2D eigenvalue weighted by molar-refractivity contribution is 5.90. The van der Waals surface area contributed by atoms with Crippen LogP contribution in [0.1, 0.15) is 24.6 Å². The van der Waals surface area contributed by atoms with Crippen LogP contribution < -0.4 is 5.76 Å². The molecule has 0 radical (unpaired) electrons. The van der Waals surface area contributed by atoms with Crippen LogP contribution >= 0.6 is 0 Å². The van der Waals surface area contributed by atoms with Crippen molar-refractivity contribution in [3.05, 3.63) is 34.8 Å². The van der Waals surface area contributed by atoms with E-state index in [4.69, 9.17) is 4.42 Å². The molecule has 108 valence electrons. The van der Waals surface area contributed by atoms with Crippen LogP contribution in [0.2, 0.25) is 0 Å². The Kier molecular flexibility index (Phi) is 4.34. The number of fused-ring (bicyclic) bond motifs is 1. The first-order chi connectivity index (χ1) is 9.56. The fourth-order valence-electron chi connectivity index (χ4n) is 2.08. The van der Waals surface area contributed by atoms with Gasteiger partial charge in [-0.2, -0.15) is 0 Å². The maximum Gasteiger partial charge on any atom is 0.426 e. The molecule has 0 bridgehead atoms. The molecule has 0 fully saturated rings. The van der Waals surface area contributed by atoms with E-state index in [1.807, 2.05) is 0 Å². The van der Waals surface area contributed by atoms with Gasteiger partial charge in [0.1, 0.15) is 0 Å². The van der Waals surface area contributed by atoms with Gasteiger partial charge in [0.2, 0.25) is 5.91 Å². The average molecular weight is 281 g/mol. The van der Waals surface area contributed by atoms with Crippen LogP contribution in [-0.2, 0) is 0 Å². The Hall–Kier alpha value is -1.95. The summed E-state index contributed by atoms with van der Waals surface area (Å²) in [6, 6.07) is 6.56. The molecule has 2 rings (SSSR count). The van der Waals surface area contributed by atoms with Gasteiger partial charge in [-0.25, -0.2) is 9.36 Å². The first kappa shape index (κ1) is 14.5. The second kappa shape index (κ2) is 6.00. The molecule has 0 aliphatic heterocycles. The molecule has 0 saturated heterocycles. The quantitative estimate of drug-likeness (QED) is 0.909. The highest BCUT2D eigenvalue weighted by atomic mass is 19.1. The van der Waals surface area contributed by atoms with Crippen molar-refractivity contribution in [3.8, 4) is 0 Å². The molecule has 0 amide bonds. The third-order valence-electron chi connectivity index (χ3n) is 3.31. The molecule has 0 unspecified atom stereocenters. The fraction of sp³-hybridized carbons (Fsp3) is 0.429. The maximum absolute atomic E-state index is 12.3. The van der Waals surface area contributed by atoms with Gasteiger partial charge < -0.3 is 9.52 Å². The fourth-order valence-corrected chi connectivity index (χ4v) is 2.08.